The molecule has 1 heterocycles. The van der Waals surface area contributed by atoms with Crippen molar-refractivity contribution in [1.29, 1.82) is 0 Å². The molecular weight excluding hydrogens is 1120 g/mol. The molecule has 0 spiro atoms. The summed E-state index contributed by atoms with van der Waals surface area (Å²) in [6.45, 7) is 25.7. The van der Waals surface area contributed by atoms with Gasteiger partial charge in [0.05, 0.1) is 12.6 Å². The van der Waals surface area contributed by atoms with Crippen molar-refractivity contribution in [2.45, 2.75) is 202 Å². The summed E-state index contributed by atoms with van der Waals surface area (Å²) < 4.78 is 0. The van der Waals surface area contributed by atoms with Crippen molar-refractivity contribution in [3.8, 4) is 0 Å². The minimum atomic E-state index is -1.63. The van der Waals surface area contributed by atoms with Crippen molar-refractivity contribution < 1.29 is 57.8 Å². The molecule has 86 heavy (non-hydrogen) atoms. The first-order valence-corrected chi connectivity index (χ1v) is 31.6. The molecular formula is C61H110N12O12S. The van der Waals surface area contributed by atoms with Crippen molar-refractivity contribution >= 4 is 76.7 Å². The van der Waals surface area contributed by atoms with Crippen LogP contribution in [0.25, 0.3) is 0 Å². The maximum atomic E-state index is 15.2. The molecule has 0 radical (unpaired) electrons. The molecule has 0 aromatic heterocycles. The summed E-state index contributed by atoms with van der Waals surface area (Å²) in [6, 6.07) is -12.5. The number of hydrogen-bond acceptors (Lipinski definition) is 14. The van der Waals surface area contributed by atoms with E-state index in [2.05, 4.69) is 21.3 Å². The van der Waals surface area contributed by atoms with Crippen LogP contribution in [0.15, 0.2) is 12.2 Å². The number of nitrogens with two attached hydrogens (primary N) is 1. The van der Waals surface area contributed by atoms with Crippen LogP contribution in [-0.2, 0) is 52.7 Å². The van der Waals surface area contributed by atoms with Crippen molar-refractivity contribution in [3.05, 3.63) is 12.2 Å². The molecule has 0 unspecified atom stereocenters. The lowest BCUT2D eigenvalue weighted by Crippen LogP contribution is -2.64. The van der Waals surface area contributed by atoms with Crippen LogP contribution < -0.4 is 27.0 Å². The molecule has 25 heteroatoms. The molecule has 11 amide bonds. The van der Waals surface area contributed by atoms with Crippen molar-refractivity contribution in [2.24, 2.45) is 41.2 Å². The maximum absolute atomic E-state index is 15.2. The van der Waals surface area contributed by atoms with E-state index in [1.165, 1.54) is 99.4 Å². The third-order valence-corrected chi connectivity index (χ3v) is 17.0. The largest absolute Gasteiger partial charge is 0.390 e. The zero-order chi connectivity index (χ0) is 66.5. The van der Waals surface area contributed by atoms with Crippen molar-refractivity contribution in [2.75, 3.05) is 73.9 Å². The predicted molar refractivity (Wildman–Crippen MR) is 335 cm³/mol. The number of carbonyl (C=O) groups excluding carboxylic acids is 11. The maximum Gasteiger partial charge on any atom is 0.246 e. The van der Waals surface area contributed by atoms with Crippen molar-refractivity contribution in [3.63, 3.8) is 0 Å². The third-order valence-electron chi connectivity index (χ3n) is 15.9. The van der Waals surface area contributed by atoms with Crippen LogP contribution in [0.2, 0.25) is 0 Å². The highest BCUT2D eigenvalue weighted by atomic mass is 32.2. The van der Waals surface area contributed by atoms with Crippen LogP contribution in [0, 0.1) is 35.5 Å². The SMILES string of the molecule is C/C=C/C[C@@H](C)[C@@H](O)[C@@H]1C(=O)N[C@H](CC)C(=O)N(C)[C@H](CSCCN)C(=O)N(C)[C@@H](CC(C)C)C(=O)N[C@H](C(C)C)C(=O)N(C)CC(=O)N[C@H](C)C(=O)N[C@@H](C)C(=O)N(C)[C@H](CC(C)C)C(=O)N(C)[C@H](CC(C)C)C(=O)N(C)[C@H](C(C)C)C(=O)N1C. The molecule has 492 valence electrons. The fourth-order valence-electron chi connectivity index (χ4n) is 10.5. The minimum absolute atomic E-state index is 0.000306. The number of likely N-dealkylation sites (N-methyl/N-ethyl adjacent to an activating group) is 7. The Kier molecular flexibility index (Phi) is 33.2. The zero-order valence-corrected chi connectivity index (χ0v) is 56.7. The number of nitrogens with one attached hydrogen (secondary N) is 4. The van der Waals surface area contributed by atoms with Gasteiger partial charge in [-0.1, -0.05) is 95.2 Å². The smallest absolute Gasteiger partial charge is 0.246 e. The second kappa shape index (κ2) is 36.5. The second-order valence-corrected chi connectivity index (χ2v) is 26.5. The summed E-state index contributed by atoms with van der Waals surface area (Å²) in [7, 11) is 9.88. The Morgan fingerprint density at radius 2 is 1.00 bits per heavy atom. The highest BCUT2D eigenvalue weighted by Crippen LogP contribution is 2.26. The van der Waals surface area contributed by atoms with Crippen LogP contribution in [0.1, 0.15) is 136 Å². The topological polar surface area (TPSA) is 305 Å². The van der Waals surface area contributed by atoms with Crippen LogP contribution in [0.5, 0.6) is 0 Å². The Morgan fingerprint density at radius 1 is 0.535 bits per heavy atom. The molecule has 0 bridgehead atoms. The van der Waals surface area contributed by atoms with Crippen LogP contribution in [0.3, 0.4) is 0 Å². The Hall–Kier alpha value is -5.82. The number of carbonyl (C=O) groups is 11. The van der Waals surface area contributed by atoms with Gasteiger partial charge in [0.2, 0.25) is 65.0 Å². The normalized spacial score (nSPS) is 26.7. The molecule has 12 atom stereocenters. The Balaban J connectivity index is 4.38. The van der Waals surface area contributed by atoms with Gasteiger partial charge in [-0.3, -0.25) is 52.7 Å². The predicted octanol–water partition coefficient (Wildman–Crippen LogP) is 1.91. The van der Waals surface area contributed by atoms with E-state index in [1.54, 1.807) is 60.6 Å². The number of aliphatic hydroxyl groups excluding tert-OH is 1. The summed E-state index contributed by atoms with van der Waals surface area (Å²) in [5, 5.41) is 23.0. The fourth-order valence-corrected chi connectivity index (χ4v) is 11.4. The van der Waals surface area contributed by atoms with E-state index < -0.39 is 156 Å². The van der Waals surface area contributed by atoms with Gasteiger partial charge >= 0.3 is 0 Å². The average molecular weight is 1240 g/mol. The number of thioether (sulfide) groups is 1. The van der Waals surface area contributed by atoms with E-state index in [-0.39, 0.29) is 55.7 Å². The number of allylic oxidation sites excluding steroid dienone is 2. The van der Waals surface area contributed by atoms with Gasteiger partial charge < -0.3 is 66.4 Å². The van der Waals surface area contributed by atoms with Gasteiger partial charge in [-0.15, -0.1) is 0 Å². The summed E-state index contributed by atoms with van der Waals surface area (Å²) >= 11 is 1.30. The van der Waals surface area contributed by atoms with Gasteiger partial charge in [0.15, 0.2) is 0 Å². The lowest BCUT2D eigenvalue weighted by molar-refractivity contribution is -0.157. The lowest BCUT2D eigenvalue weighted by atomic mass is 9.91. The molecule has 1 aliphatic rings. The molecule has 0 aromatic carbocycles. The molecule has 1 saturated heterocycles. The third kappa shape index (κ3) is 22.1. The highest BCUT2D eigenvalue weighted by Gasteiger charge is 2.46. The molecule has 1 fully saturated rings. The first-order valence-electron chi connectivity index (χ1n) is 30.5. The summed E-state index contributed by atoms with van der Waals surface area (Å²) in [6.07, 6.45) is 2.80. The quantitative estimate of drug-likeness (QED) is 0.0896. The number of hydrogen-bond donors (Lipinski definition) is 6. The van der Waals surface area contributed by atoms with E-state index >= 15 is 14.4 Å². The number of amides is 11. The number of aliphatic hydroxyl groups is 1. The Labute approximate surface area is 517 Å². The molecule has 0 aliphatic carbocycles. The number of rotatable bonds is 17. The lowest BCUT2D eigenvalue weighted by Gasteiger charge is -2.41. The monoisotopic (exact) mass is 1230 g/mol. The van der Waals surface area contributed by atoms with Crippen LogP contribution >= 0.6 is 11.8 Å². The molecule has 24 nitrogen and oxygen atoms in total. The molecule has 7 N–H and O–H groups in total. The van der Waals surface area contributed by atoms with Gasteiger partial charge in [-0.25, -0.2) is 0 Å². The first-order chi connectivity index (χ1) is 39.9. The fraction of sp³-hybridized carbons (Fsp3) is 0.787. The Bertz CT molecular complexity index is 2340. The van der Waals surface area contributed by atoms with E-state index in [0.717, 1.165) is 9.80 Å². The van der Waals surface area contributed by atoms with Gasteiger partial charge in [-0.05, 0) is 88.4 Å². The summed E-state index contributed by atoms with van der Waals surface area (Å²) in [5.74, 6) is -9.36. The van der Waals surface area contributed by atoms with E-state index in [9.17, 15) is 43.5 Å². The van der Waals surface area contributed by atoms with Crippen LogP contribution in [-0.4, -0.2) is 245 Å². The molecule has 1 aliphatic heterocycles. The minimum Gasteiger partial charge on any atom is -0.390 e. The molecule has 0 aromatic rings. The van der Waals surface area contributed by atoms with E-state index in [1.807, 2.05) is 41.5 Å². The van der Waals surface area contributed by atoms with E-state index in [0.29, 0.717) is 12.2 Å². The van der Waals surface area contributed by atoms with Gasteiger partial charge in [0.1, 0.15) is 60.4 Å². The second-order valence-electron chi connectivity index (χ2n) is 25.3. The summed E-state index contributed by atoms with van der Waals surface area (Å²) in [5.41, 5.74) is 5.88. The summed E-state index contributed by atoms with van der Waals surface area (Å²) in [4.78, 5) is 169. The zero-order valence-electron chi connectivity index (χ0n) is 55.9. The van der Waals surface area contributed by atoms with Crippen molar-refractivity contribution in [1.82, 2.24) is 55.6 Å². The van der Waals surface area contributed by atoms with E-state index in [4.69, 9.17) is 5.73 Å². The first kappa shape index (κ1) is 78.2. The van der Waals surface area contributed by atoms with Gasteiger partial charge in [0, 0.05) is 67.4 Å². The standard InChI is InChI=1S/C61H110N12O12S/c1-23-25-26-39(13)51(75)50-54(78)65-42(24-2)56(80)71(20)46(33-86-28-27-62)59(83)68(17)43(29-34(3)4)53(77)66-48(37(9)10)60(84)67(16)32-47(74)63-40(14)52(76)64-41(15)55(79)69(18)44(30-35(5)6)57(81)70(19)45(31-36(7)8)58(82)72(21)49(38(11)12)61(85)73(50)22/h23,25,34-46,48-51,75H,24,26-33,62H2,1-22H3,(H,63,74)(H,64,76)(H,65,78)(H,66,77)/b25-23+/t39-,40-,41+,42-,43+,44-,45-,46-,48-,49-,50-,51-/m1/s1. The highest BCUT2D eigenvalue weighted by molar-refractivity contribution is 7.99. The van der Waals surface area contributed by atoms with Crippen LogP contribution in [0.4, 0.5) is 0 Å². The number of nitrogens with zero attached hydrogens (tertiary/aromatic N) is 7. The average Bonchev–Trinajstić information content (AvgIpc) is 1.61. The van der Waals surface area contributed by atoms with Gasteiger partial charge in [-0.2, -0.15) is 11.8 Å². The van der Waals surface area contributed by atoms with Gasteiger partial charge in [0.25, 0.3) is 0 Å². The molecule has 1 rings (SSSR count). The molecule has 0 saturated carbocycles. The Morgan fingerprint density at radius 3 is 1.48 bits per heavy atom.